The summed E-state index contributed by atoms with van der Waals surface area (Å²) in [6.45, 7) is 0. The van der Waals surface area contributed by atoms with Crippen LogP contribution < -0.4 is 0 Å². The van der Waals surface area contributed by atoms with E-state index in [4.69, 9.17) is 0 Å². The van der Waals surface area contributed by atoms with Crippen molar-refractivity contribution in [3.8, 4) is 0 Å². The van der Waals surface area contributed by atoms with Crippen LogP contribution in [0.4, 0.5) is 0 Å². The summed E-state index contributed by atoms with van der Waals surface area (Å²) < 4.78 is 0.923. The lowest BCUT2D eigenvalue weighted by Crippen LogP contribution is -1.95. The van der Waals surface area contributed by atoms with Crippen LogP contribution >= 0.6 is 47.0 Å². The molecule has 0 saturated heterocycles. The Morgan fingerprint density at radius 2 is 0.708 bits per heavy atom. The van der Waals surface area contributed by atoms with Crippen LogP contribution in [0.5, 0.6) is 0 Å². The van der Waals surface area contributed by atoms with Gasteiger partial charge in [-0.3, -0.25) is 0 Å². The van der Waals surface area contributed by atoms with Gasteiger partial charge in [-0.2, -0.15) is 0 Å². The van der Waals surface area contributed by atoms with E-state index in [9.17, 15) is 0 Å². The second kappa shape index (κ2) is 6.41. The highest BCUT2D eigenvalue weighted by Crippen LogP contribution is 2.61. The predicted octanol–water partition coefficient (Wildman–Crippen LogP) is 7.48. The van der Waals surface area contributed by atoms with Crippen molar-refractivity contribution in [3.05, 3.63) is 83.9 Å². The Hall–Kier alpha value is -0.940. The molecule has 3 aromatic rings. The van der Waals surface area contributed by atoms with E-state index >= 15 is 0 Å². The summed E-state index contributed by atoms with van der Waals surface area (Å²) in [6, 6.07) is 26.5. The van der Waals surface area contributed by atoms with Crippen molar-refractivity contribution in [2.45, 2.75) is 28.7 Å². The summed E-state index contributed by atoms with van der Waals surface area (Å²) >= 11 is 7.96. The second-order valence-electron chi connectivity index (χ2n) is 5.66. The molecule has 0 spiro atoms. The minimum absolute atomic E-state index is 0.462. The van der Waals surface area contributed by atoms with E-state index < -0.39 is 0 Å². The van der Waals surface area contributed by atoms with Gasteiger partial charge in [0.2, 0.25) is 0 Å². The van der Waals surface area contributed by atoms with E-state index in [1.807, 2.05) is 47.0 Å². The maximum atomic E-state index is 2.32. The summed E-state index contributed by atoms with van der Waals surface area (Å²) in [4.78, 5) is 5.66. The Balaban J connectivity index is 1.48. The molecule has 0 unspecified atom stereocenters. The number of fused-ring (bicyclic) bond motifs is 2. The molecule has 2 aliphatic heterocycles. The molecular formula is C20H14S4. The fourth-order valence-corrected chi connectivity index (χ4v) is 8.85. The molecule has 118 valence electrons. The molecule has 4 heteroatoms. The first-order valence-electron chi connectivity index (χ1n) is 7.82. The first kappa shape index (κ1) is 15.3. The first-order valence-corrected chi connectivity index (χ1v) is 11.3. The zero-order valence-electron chi connectivity index (χ0n) is 12.7. The fraction of sp³-hybridized carbons (Fsp3) is 0.100. The smallest absolute Gasteiger partial charge is 0.0849 e. The lowest BCUT2D eigenvalue weighted by molar-refractivity contribution is 1.25. The third kappa shape index (κ3) is 2.70. The quantitative estimate of drug-likeness (QED) is 0.450. The Labute approximate surface area is 159 Å². The van der Waals surface area contributed by atoms with Gasteiger partial charge < -0.3 is 0 Å². The molecule has 2 aliphatic rings. The molecule has 24 heavy (non-hydrogen) atoms. The van der Waals surface area contributed by atoms with Crippen LogP contribution in [0.1, 0.15) is 20.3 Å². The molecule has 0 nitrogen and oxygen atoms in total. The van der Waals surface area contributed by atoms with Crippen LogP contribution in [0, 0.1) is 0 Å². The Morgan fingerprint density at radius 3 is 1.04 bits per heavy atom. The molecule has 0 radical (unpaired) electrons. The van der Waals surface area contributed by atoms with Gasteiger partial charge in [0.05, 0.1) is 9.16 Å². The zero-order valence-corrected chi connectivity index (χ0v) is 16.0. The molecule has 0 aliphatic carbocycles. The largest absolute Gasteiger partial charge is 0.105 e. The van der Waals surface area contributed by atoms with E-state index in [0.29, 0.717) is 9.16 Å². The van der Waals surface area contributed by atoms with Crippen LogP contribution in [0.2, 0.25) is 0 Å². The van der Waals surface area contributed by atoms with Gasteiger partial charge in [0.1, 0.15) is 0 Å². The molecular weight excluding hydrogens is 368 g/mol. The summed E-state index contributed by atoms with van der Waals surface area (Å²) in [6.07, 6.45) is 0. The van der Waals surface area contributed by atoms with Gasteiger partial charge in [-0.15, -0.1) is 47.0 Å². The number of hydrogen-bond acceptors (Lipinski definition) is 4. The van der Waals surface area contributed by atoms with Crippen molar-refractivity contribution in [1.82, 2.24) is 0 Å². The summed E-state index contributed by atoms with van der Waals surface area (Å²) in [5.74, 6) is 0. The van der Waals surface area contributed by atoms with Gasteiger partial charge >= 0.3 is 0 Å². The Bertz CT molecular complexity index is 781. The molecule has 0 amide bonds. The number of hydrogen-bond donors (Lipinski definition) is 0. The van der Waals surface area contributed by atoms with Crippen molar-refractivity contribution in [2.24, 2.45) is 0 Å². The molecule has 0 atom stereocenters. The topological polar surface area (TPSA) is 0 Å². The van der Waals surface area contributed by atoms with E-state index in [1.165, 1.54) is 30.7 Å². The van der Waals surface area contributed by atoms with Crippen LogP contribution in [0.3, 0.4) is 0 Å². The van der Waals surface area contributed by atoms with E-state index in [-0.39, 0.29) is 0 Å². The van der Waals surface area contributed by atoms with Crippen LogP contribution in [0.15, 0.2) is 92.4 Å². The maximum Gasteiger partial charge on any atom is 0.0849 e. The zero-order chi connectivity index (χ0) is 15.9. The first-order chi connectivity index (χ1) is 11.9. The highest BCUT2D eigenvalue weighted by molar-refractivity contribution is 8.19. The van der Waals surface area contributed by atoms with Gasteiger partial charge in [0, 0.05) is 19.6 Å². The third-order valence-corrected chi connectivity index (χ3v) is 9.86. The van der Waals surface area contributed by atoms with Crippen LogP contribution in [0.25, 0.3) is 0 Å². The lowest BCUT2D eigenvalue weighted by Gasteiger charge is -2.17. The van der Waals surface area contributed by atoms with Gasteiger partial charge in [-0.1, -0.05) is 48.5 Å². The molecule has 3 aromatic carbocycles. The fourth-order valence-electron chi connectivity index (χ4n) is 2.99. The number of rotatable bonds is 2. The van der Waals surface area contributed by atoms with Gasteiger partial charge in [-0.25, -0.2) is 0 Å². The summed E-state index contributed by atoms with van der Waals surface area (Å²) in [5.41, 5.74) is 2.95. The Kier molecular flexibility index (Phi) is 4.10. The van der Waals surface area contributed by atoms with Crippen molar-refractivity contribution >= 4 is 47.0 Å². The van der Waals surface area contributed by atoms with Crippen LogP contribution in [-0.2, 0) is 0 Å². The van der Waals surface area contributed by atoms with Crippen molar-refractivity contribution in [2.75, 3.05) is 0 Å². The highest BCUT2D eigenvalue weighted by Gasteiger charge is 2.31. The average molecular weight is 383 g/mol. The monoisotopic (exact) mass is 382 g/mol. The van der Waals surface area contributed by atoms with E-state index in [2.05, 4.69) is 72.8 Å². The molecule has 0 N–H and O–H groups in total. The van der Waals surface area contributed by atoms with Gasteiger partial charge in [0.15, 0.2) is 0 Å². The van der Waals surface area contributed by atoms with E-state index in [1.54, 1.807) is 0 Å². The molecule has 0 fully saturated rings. The second-order valence-corrected chi connectivity index (χ2v) is 10.8. The number of benzene rings is 3. The minimum Gasteiger partial charge on any atom is -0.105 e. The third-order valence-electron chi connectivity index (χ3n) is 4.14. The standard InChI is InChI=1S/C20H14S4/c1-2-8-14(20-23-17-11-5-6-12-18(17)24-20)13(7-1)19-21-15-9-3-4-10-16(15)22-19/h1-12,19-20H. The predicted molar refractivity (Wildman–Crippen MR) is 108 cm³/mol. The summed E-state index contributed by atoms with van der Waals surface area (Å²) in [5, 5.41) is 0. The average Bonchev–Trinajstić information content (AvgIpc) is 3.25. The highest BCUT2D eigenvalue weighted by atomic mass is 32.2. The normalized spacial score (nSPS) is 17.0. The van der Waals surface area contributed by atoms with Crippen molar-refractivity contribution < 1.29 is 0 Å². The van der Waals surface area contributed by atoms with Gasteiger partial charge in [0.25, 0.3) is 0 Å². The maximum absolute atomic E-state index is 2.32. The van der Waals surface area contributed by atoms with Crippen LogP contribution in [-0.4, -0.2) is 0 Å². The van der Waals surface area contributed by atoms with Crippen molar-refractivity contribution in [1.29, 1.82) is 0 Å². The van der Waals surface area contributed by atoms with Gasteiger partial charge in [-0.05, 0) is 35.4 Å². The molecule has 2 heterocycles. The minimum atomic E-state index is 0.462. The Morgan fingerprint density at radius 1 is 0.417 bits per heavy atom. The lowest BCUT2D eigenvalue weighted by atomic mass is 10.1. The SMILES string of the molecule is c1ccc2c(c1)SC(c1ccccc1C1Sc3ccccc3S1)S2. The molecule has 0 saturated carbocycles. The molecule has 5 rings (SSSR count). The molecule has 0 aromatic heterocycles. The molecule has 0 bridgehead atoms. The number of thioether (sulfide) groups is 4. The summed E-state index contributed by atoms with van der Waals surface area (Å²) in [7, 11) is 0. The van der Waals surface area contributed by atoms with Crippen molar-refractivity contribution in [3.63, 3.8) is 0 Å². The van der Waals surface area contributed by atoms with E-state index in [0.717, 1.165) is 0 Å².